The molecule has 0 aliphatic carbocycles. The summed E-state index contributed by atoms with van der Waals surface area (Å²) in [7, 11) is 1.47. The number of carbonyl (C=O) groups is 17. The topological polar surface area (TPSA) is 645 Å². The SMILES string of the molecule is CC[C@H](C)[C@H](N)C(=O)N[C@H](C(=O)NCC(=O)NCC(=O)N[C@H]1CSSC[C@@H](C(=O)O)NC(=O)[C@H](CCC(=O)O)NC(=O)[C@H](CCC(=O)O)NC(=O)[C@H](CCCN=C(N)N)NC(=O)[C@H](CC(=O)O)NC(=O)[C@H](CCSC)NC(=O)[C@H](Cc2c[nH]c3ccccc23)NC(=O)[C@H](Cc2ccc(O)cc2)NC(=O)[C@@H]2CCCN2C1=O)[C@@H](C)CC. The lowest BCUT2D eigenvalue weighted by Crippen LogP contribution is -2.61. The molecule has 14 atom stereocenters. The van der Waals surface area contributed by atoms with Crippen LogP contribution in [0.25, 0.3) is 10.9 Å². The number of nitrogens with one attached hydrogen (secondary N) is 13. The molecule has 3 aromatic rings. The molecule has 2 saturated heterocycles. The summed E-state index contributed by atoms with van der Waals surface area (Å²) in [4.78, 5) is 244. The number of aliphatic imine (C=N–C) groups is 1. The van der Waals surface area contributed by atoms with E-state index in [1.54, 1.807) is 57.5 Å². The summed E-state index contributed by atoms with van der Waals surface area (Å²) >= 11 is 1.21. The van der Waals surface area contributed by atoms with E-state index < -0.39 is 248 Å². The van der Waals surface area contributed by atoms with Crippen molar-refractivity contribution in [1.29, 1.82) is 0 Å². The minimum absolute atomic E-state index is 0.0470. The van der Waals surface area contributed by atoms with Gasteiger partial charge in [0.15, 0.2) is 5.96 Å². The van der Waals surface area contributed by atoms with Crippen molar-refractivity contribution in [2.24, 2.45) is 34.0 Å². The Balaban J connectivity index is 1.62. The maximum absolute atomic E-state index is 15.2. The summed E-state index contributed by atoms with van der Waals surface area (Å²) in [6, 6.07) is -7.30. The first-order valence-electron chi connectivity index (χ1n) is 37.2. The van der Waals surface area contributed by atoms with Gasteiger partial charge in [-0.05, 0) is 98.1 Å². The van der Waals surface area contributed by atoms with Crippen molar-refractivity contribution in [2.75, 3.05) is 49.7 Å². The number of aromatic nitrogens is 1. The molecule has 43 heteroatoms. The van der Waals surface area contributed by atoms with Gasteiger partial charge < -0.3 is 116 Å². The van der Waals surface area contributed by atoms with Crippen LogP contribution in [0.15, 0.2) is 59.7 Å². The molecule has 13 amide bonds. The summed E-state index contributed by atoms with van der Waals surface area (Å²) in [6.07, 6.45) is -1.47. The minimum atomic E-state index is -2.07. The first kappa shape index (κ1) is 94.6. The van der Waals surface area contributed by atoms with E-state index in [1.807, 2.05) is 6.92 Å². The lowest BCUT2D eigenvalue weighted by atomic mass is 9.95. The standard InChI is InChI=1S/C72H104N18O22S3/c1-6-36(3)58(73)68(108)89-59(37(4)7-2)69(109)79-32-53(92)78-33-54(93)80-50-34-114-115-35-51(71(111)112)88-62(102)45(21-23-56(96)97)83-61(101)44(20-22-55(94)95)82-60(100)43(14-10-25-76-72(74)75)81-66(106)49(30-57(98)99)86-63(103)46(24-27-113-5)84-65(105)48(29-39-31-77-42-13-9-8-12-41(39)42)85-64(104)47(28-38-16-18-40(91)19-17-38)87-67(107)52-15-11-26-90(52)70(50)110/h8-9,12-13,16-19,31,36-37,43-52,58-59,77,91H,6-7,10-11,14-15,20-30,32-35,73H2,1-5H3,(H,78,92)(H,79,109)(H,80,93)(H,81,106)(H,82,100)(H,83,101)(H,84,105)(H,85,104)(H,86,103)(H,87,107)(H,88,102)(H,89,108)(H,94,95)(H,96,97)(H,98,99)(H,111,112)(H4,74,75,76)/t36-,37-,43-,44-,45-,46-,47-,48-,49-,50-,51-,52-,58-,59-/m0/s1. The normalized spacial score (nSPS) is 22.6. The fraction of sp³-hybridized carbons (Fsp3) is 0.556. The highest BCUT2D eigenvalue weighted by molar-refractivity contribution is 8.76. The van der Waals surface area contributed by atoms with E-state index in [2.05, 4.69) is 73.8 Å². The number of benzene rings is 2. The third kappa shape index (κ3) is 31.4. The highest BCUT2D eigenvalue weighted by Gasteiger charge is 2.42. The van der Waals surface area contributed by atoms with Crippen LogP contribution in [-0.4, -0.2) is 264 Å². The summed E-state index contributed by atoms with van der Waals surface area (Å²) in [5.74, 6) is -22.0. The van der Waals surface area contributed by atoms with Gasteiger partial charge in [-0.2, -0.15) is 11.8 Å². The minimum Gasteiger partial charge on any atom is -0.508 e. The smallest absolute Gasteiger partial charge is 0.327 e. The molecule has 5 rings (SSSR count). The highest BCUT2D eigenvalue weighted by atomic mass is 33.1. The van der Waals surface area contributed by atoms with Crippen LogP contribution in [-0.2, 0) is 94.3 Å². The number of carboxylic acids is 4. The van der Waals surface area contributed by atoms with Crippen molar-refractivity contribution >= 4 is 151 Å². The van der Waals surface area contributed by atoms with Gasteiger partial charge >= 0.3 is 23.9 Å². The Bertz CT molecular complexity index is 3980. The zero-order valence-corrected chi connectivity index (χ0v) is 66.6. The molecular formula is C72H104N18O22S3. The number of phenolic OH excluding ortho intramolecular Hbond substituents is 1. The van der Waals surface area contributed by atoms with E-state index in [0.29, 0.717) is 45.7 Å². The maximum atomic E-state index is 15.2. The molecule has 0 radical (unpaired) electrons. The van der Waals surface area contributed by atoms with E-state index in [9.17, 15) is 87.9 Å². The number of aromatic hydroxyl groups is 1. The summed E-state index contributed by atoms with van der Waals surface area (Å²) in [6.45, 7) is 5.22. The van der Waals surface area contributed by atoms with E-state index in [1.165, 1.54) is 36.0 Å². The Kier molecular flexibility index (Phi) is 39.2. The molecule has 0 spiro atoms. The predicted octanol–water partition coefficient (Wildman–Crippen LogP) is -3.36. The monoisotopic (exact) mass is 1670 g/mol. The number of carboxylic acid groups (broad SMARTS) is 4. The third-order valence-electron chi connectivity index (χ3n) is 19.0. The molecule has 0 bridgehead atoms. The Labute approximate surface area is 673 Å². The number of carbonyl (C=O) groups excluding carboxylic acids is 13. The second-order valence-electron chi connectivity index (χ2n) is 27.6. The van der Waals surface area contributed by atoms with Gasteiger partial charge in [0.2, 0.25) is 76.8 Å². The Morgan fingerprint density at radius 1 is 0.609 bits per heavy atom. The Morgan fingerprint density at radius 3 is 1.70 bits per heavy atom. The van der Waals surface area contributed by atoms with Crippen LogP contribution in [0.4, 0.5) is 0 Å². The molecule has 2 fully saturated rings. The number of nitrogens with zero attached hydrogens (tertiary/aromatic N) is 2. The highest BCUT2D eigenvalue weighted by Crippen LogP contribution is 2.27. The van der Waals surface area contributed by atoms with Gasteiger partial charge in [-0.1, -0.05) is 92.5 Å². The Morgan fingerprint density at radius 2 is 1.13 bits per heavy atom. The van der Waals surface area contributed by atoms with Crippen molar-refractivity contribution < 1.29 is 107 Å². The van der Waals surface area contributed by atoms with Crippen molar-refractivity contribution in [3.05, 3.63) is 65.9 Å². The molecule has 1 aromatic heterocycles. The quantitative estimate of drug-likeness (QED) is 0.0126. The second kappa shape index (κ2) is 47.7. The maximum Gasteiger partial charge on any atom is 0.327 e. The molecule has 0 saturated carbocycles. The molecule has 24 N–H and O–H groups in total. The predicted molar refractivity (Wildman–Crippen MR) is 422 cm³/mol. The number of hydrogen-bond acceptors (Lipinski definition) is 23. The zero-order valence-electron chi connectivity index (χ0n) is 64.2. The lowest BCUT2D eigenvalue weighted by Gasteiger charge is -2.30. The molecule has 40 nitrogen and oxygen atoms in total. The number of guanidine groups is 1. The van der Waals surface area contributed by atoms with Gasteiger partial charge in [0, 0.05) is 67.4 Å². The van der Waals surface area contributed by atoms with E-state index in [0.717, 1.165) is 15.7 Å². The Hall–Kier alpha value is -11.0. The number of nitrogens with two attached hydrogens (primary N) is 3. The fourth-order valence-corrected chi connectivity index (χ4v) is 14.8. The van der Waals surface area contributed by atoms with Gasteiger partial charge in [0.1, 0.15) is 72.2 Å². The number of aromatic amines is 1. The molecule has 2 aromatic carbocycles. The zero-order chi connectivity index (χ0) is 85.2. The average Bonchev–Trinajstić information content (AvgIpc) is 1.70. The van der Waals surface area contributed by atoms with Crippen LogP contribution in [0.5, 0.6) is 5.75 Å². The summed E-state index contributed by atoms with van der Waals surface area (Å²) < 4.78 is 0. The largest absolute Gasteiger partial charge is 0.508 e. The number of hydrogen-bond donors (Lipinski definition) is 21. The van der Waals surface area contributed by atoms with Crippen LogP contribution in [0.2, 0.25) is 0 Å². The van der Waals surface area contributed by atoms with Crippen molar-refractivity contribution in [3.63, 3.8) is 0 Å². The molecule has 3 heterocycles. The lowest BCUT2D eigenvalue weighted by molar-refractivity contribution is -0.142. The van der Waals surface area contributed by atoms with Crippen LogP contribution < -0.4 is 81.0 Å². The summed E-state index contributed by atoms with van der Waals surface area (Å²) in [5.41, 5.74) is 18.6. The average molecular weight is 1670 g/mol. The van der Waals surface area contributed by atoms with Crippen LogP contribution in [0.1, 0.15) is 116 Å². The van der Waals surface area contributed by atoms with E-state index in [4.69, 9.17) is 17.2 Å². The van der Waals surface area contributed by atoms with E-state index in [-0.39, 0.29) is 69.0 Å². The number of fused-ring (bicyclic) bond motifs is 2. The van der Waals surface area contributed by atoms with Crippen molar-refractivity contribution in [3.8, 4) is 5.75 Å². The number of aliphatic carboxylic acids is 4. The molecule has 632 valence electrons. The van der Waals surface area contributed by atoms with Gasteiger partial charge in [-0.3, -0.25) is 81.7 Å². The number of phenols is 1. The first-order chi connectivity index (χ1) is 54.5. The van der Waals surface area contributed by atoms with Crippen LogP contribution in [0, 0.1) is 11.8 Å². The molecule has 0 unspecified atom stereocenters. The van der Waals surface area contributed by atoms with Crippen molar-refractivity contribution in [2.45, 2.75) is 190 Å². The van der Waals surface area contributed by atoms with Gasteiger partial charge in [-0.15, -0.1) is 0 Å². The van der Waals surface area contributed by atoms with Gasteiger partial charge in [-0.25, -0.2) is 4.79 Å². The number of thioether (sulfide) groups is 1. The second-order valence-corrected chi connectivity index (χ2v) is 31.1. The number of amides is 13. The first-order valence-corrected chi connectivity index (χ1v) is 41.1. The number of rotatable bonds is 32. The third-order valence-corrected chi connectivity index (χ3v) is 22.1. The van der Waals surface area contributed by atoms with E-state index >= 15 is 19.2 Å². The molecule has 2 aliphatic rings. The fourth-order valence-electron chi connectivity index (χ4n) is 12.0. The van der Waals surface area contributed by atoms with Gasteiger partial charge in [0.05, 0.1) is 25.6 Å². The number of H-pyrrole nitrogens is 1. The van der Waals surface area contributed by atoms with Crippen LogP contribution in [0.3, 0.4) is 0 Å². The van der Waals surface area contributed by atoms with Crippen molar-refractivity contribution in [1.82, 2.24) is 73.7 Å². The summed E-state index contributed by atoms with van der Waals surface area (Å²) in [5, 5.41) is 80.6. The molecular weight excluding hydrogens is 1570 g/mol. The molecule has 2 aliphatic heterocycles. The number of para-hydroxylation sites is 1. The molecule has 115 heavy (non-hydrogen) atoms. The van der Waals surface area contributed by atoms with Gasteiger partial charge in [0.25, 0.3) is 0 Å². The van der Waals surface area contributed by atoms with Crippen LogP contribution >= 0.6 is 33.3 Å².